The first kappa shape index (κ1) is 18.6. The van der Waals surface area contributed by atoms with E-state index in [4.69, 9.17) is 10.00 Å². The summed E-state index contributed by atoms with van der Waals surface area (Å²) in [4.78, 5) is 26.4. The molecular weight excluding hydrogens is 344 g/mol. The highest BCUT2D eigenvalue weighted by Crippen LogP contribution is 2.39. The fourth-order valence-corrected chi connectivity index (χ4v) is 2.80. The Kier molecular flexibility index (Phi) is 5.55. The van der Waals surface area contributed by atoms with E-state index >= 15 is 0 Å². The number of benzene rings is 1. The summed E-state index contributed by atoms with van der Waals surface area (Å²) in [6.45, 7) is 1.83. The quantitative estimate of drug-likeness (QED) is 0.703. The molecule has 1 saturated carbocycles. The Morgan fingerprint density at radius 3 is 2.70 bits per heavy atom. The monoisotopic (exact) mass is 366 g/mol. The van der Waals surface area contributed by atoms with Crippen LogP contribution in [0.1, 0.15) is 48.3 Å². The maximum Gasteiger partial charge on any atom is 0.357 e. The molecule has 7 heteroatoms. The molecule has 0 saturated heterocycles. The molecule has 1 aromatic heterocycles. The summed E-state index contributed by atoms with van der Waals surface area (Å²) < 4.78 is 6.98. The second-order valence-corrected chi connectivity index (χ2v) is 6.69. The van der Waals surface area contributed by atoms with Crippen molar-refractivity contribution in [3.05, 3.63) is 47.8 Å². The van der Waals surface area contributed by atoms with Crippen molar-refractivity contribution in [1.82, 2.24) is 14.7 Å². The molecule has 1 aromatic carbocycles. The SMILES string of the molecule is C[C@@H](OC(=O)c1cc(C2CC2)nn1-c1ccccc1)C(=O)N(C)CCC#N. The highest BCUT2D eigenvalue weighted by atomic mass is 16.5. The number of carbonyl (C=O) groups excluding carboxylic acids is 2. The smallest absolute Gasteiger partial charge is 0.357 e. The van der Waals surface area contributed by atoms with E-state index in [1.54, 1.807) is 17.8 Å². The van der Waals surface area contributed by atoms with Crippen molar-refractivity contribution in [1.29, 1.82) is 5.26 Å². The summed E-state index contributed by atoms with van der Waals surface area (Å²) in [7, 11) is 1.59. The van der Waals surface area contributed by atoms with Gasteiger partial charge in [0.1, 0.15) is 0 Å². The van der Waals surface area contributed by atoms with Gasteiger partial charge in [0.05, 0.1) is 23.9 Å². The molecule has 7 nitrogen and oxygen atoms in total. The summed E-state index contributed by atoms with van der Waals surface area (Å²) in [5.74, 6) is -0.544. The topological polar surface area (TPSA) is 88.2 Å². The number of ether oxygens (including phenoxy) is 1. The molecule has 1 atom stereocenters. The minimum absolute atomic E-state index is 0.231. The predicted molar refractivity (Wildman–Crippen MR) is 98.3 cm³/mol. The summed E-state index contributed by atoms with van der Waals surface area (Å²) in [6.07, 6.45) is 1.43. The zero-order valence-electron chi connectivity index (χ0n) is 15.5. The molecule has 0 N–H and O–H groups in total. The number of nitrogens with zero attached hydrogens (tertiary/aromatic N) is 4. The van der Waals surface area contributed by atoms with Crippen molar-refractivity contribution in [2.24, 2.45) is 0 Å². The molecule has 1 heterocycles. The Bertz CT molecular complexity index is 865. The molecule has 1 aliphatic rings. The van der Waals surface area contributed by atoms with Crippen molar-refractivity contribution in [3.63, 3.8) is 0 Å². The zero-order valence-corrected chi connectivity index (χ0v) is 15.5. The molecule has 2 aromatic rings. The number of amides is 1. The number of likely N-dealkylation sites (N-methyl/N-ethyl adjacent to an activating group) is 1. The number of hydrogen-bond donors (Lipinski definition) is 0. The van der Waals surface area contributed by atoms with Crippen molar-refractivity contribution in [3.8, 4) is 11.8 Å². The maximum atomic E-state index is 12.7. The lowest BCUT2D eigenvalue weighted by molar-refractivity contribution is -0.138. The molecule has 3 rings (SSSR count). The van der Waals surface area contributed by atoms with Crippen LogP contribution in [0.2, 0.25) is 0 Å². The highest BCUT2D eigenvalue weighted by molar-refractivity contribution is 5.91. The van der Waals surface area contributed by atoms with E-state index in [2.05, 4.69) is 5.10 Å². The van der Waals surface area contributed by atoms with Crippen molar-refractivity contribution < 1.29 is 14.3 Å². The Morgan fingerprint density at radius 2 is 2.07 bits per heavy atom. The van der Waals surface area contributed by atoms with E-state index in [-0.39, 0.29) is 12.3 Å². The summed E-state index contributed by atoms with van der Waals surface area (Å²) in [6, 6.07) is 13.1. The third kappa shape index (κ3) is 4.34. The molecule has 1 amide bonds. The molecule has 0 spiro atoms. The number of esters is 1. The van der Waals surface area contributed by atoms with E-state index in [9.17, 15) is 9.59 Å². The van der Waals surface area contributed by atoms with Crippen LogP contribution in [0.25, 0.3) is 5.69 Å². The molecule has 0 radical (unpaired) electrons. The fourth-order valence-electron chi connectivity index (χ4n) is 2.80. The van der Waals surface area contributed by atoms with Crippen LogP contribution in [0.4, 0.5) is 0 Å². The number of para-hydroxylation sites is 1. The standard InChI is InChI=1S/C20H22N4O3/c1-14(19(25)23(2)12-6-11-21)27-20(26)18-13-17(15-9-10-15)22-24(18)16-7-4-3-5-8-16/h3-5,7-8,13-15H,6,9-10,12H2,1-2H3/t14-/m1/s1. The van der Waals surface area contributed by atoms with Crippen molar-refractivity contribution in [2.45, 2.75) is 38.2 Å². The highest BCUT2D eigenvalue weighted by Gasteiger charge is 2.30. The molecule has 0 bridgehead atoms. The number of hydrogen-bond acceptors (Lipinski definition) is 5. The molecule has 0 unspecified atom stereocenters. The van der Waals surface area contributed by atoms with Crippen LogP contribution in [0.15, 0.2) is 36.4 Å². The van der Waals surface area contributed by atoms with E-state index in [0.29, 0.717) is 18.2 Å². The minimum Gasteiger partial charge on any atom is -0.448 e. The molecule has 0 aliphatic heterocycles. The van der Waals surface area contributed by atoms with Crippen LogP contribution in [0, 0.1) is 11.3 Å². The first-order valence-electron chi connectivity index (χ1n) is 8.99. The lowest BCUT2D eigenvalue weighted by Gasteiger charge is -2.20. The van der Waals surface area contributed by atoms with E-state index in [1.165, 1.54) is 11.8 Å². The Balaban J connectivity index is 1.78. The van der Waals surface area contributed by atoms with Crippen LogP contribution in [0.3, 0.4) is 0 Å². The molecule has 1 aliphatic carbocycles. The average Bonchev–Trinajstić information content (AvgIpc) is 3.44. The van der Waals surface area contributed by atoms with Gasteiger partial charge in [0, 0.05) is 19.5 Å². The normalized spacial score (nSPS) is 14.3. The Hall–Kier alpha value is -3.14. The van der Waals surface area contributed by atoms with Crippen molar-refractivity contribution >= 4 is 11.9 Å². The first-order chi connectivity index (χ1) is 13.0. The third-order valence-electron chi connectivity index (χ3n) is 4.50. The van der Waals surface area contributed by atoms with Gasteiger partial charge in [0.15, 0.2) is 11.8 Å². The number of rotatable bonds is 7. The molecule has 140 valence electrons. The fraction of sp³-hybridized carbons (Fsp3) is 0.400. The lowest BCUT2D eigenvalue weighted by atomic mass is 10.2. The number of carbonyl (C=O) groups is 2. The third-order valence-corrected chi connectivity index (χ3v) is 4.50. The van der Waals surface area contributed by atoms with E-state index < -0.39 is 12.1 Å². The van der Waals surface area contributed by atoms with Gasteiger partial charge in [-0.15, -0.1) is 0 Å². The molecule has 1 fully saturated rings. The van der Waals surface area contributed by atoms with Crippen LogP contribution in [-0.4, -0.2) is 46.3 Å². The van der Waals surface area contributed by atoms with Gasteiger partial charge in [-0.3, -0.25) is 4.79 Å². The van der Waals surface area contributed by atoms with Gasteiger partial charge in [0.25, 0.3) is 5.91 Å². The second-order valence-electron chi connectivity index (χ2n) is 6.69. The second kappa shape index (κ2) is 8.04. The summed E-state index contributed by atoms with van der Waals surface area (Å²) >= 11 is 0. The Morgan fingerprint density at radius 1 is 1.37 bits per heavy atom. The van der Waals surface area contributed by atoms with Gasteiger partial charge in [0.2, 0.25) is 0 Å². The minimum atomic E-state index is -0.940. The maximum absolute atomic E-state index is 12.7. The number of nitriles is 1. The largest absolute Gasteiger partial charge is 0.448 e. The summed E-state index contributed by atoms with van der Waals surface area (Å²) in [5, 5.41) is 13.2. The van der Waals surface area contributed by atoms with Crippen molar-refractivity contribution in [2.75, 3.05) is 13.6 Å². The average molecular weight is 366 g/mol. The van der Waals surface area contributed by atoms with E-state index in [1.807, 2.05) is 36.4 Å². The lowest BCUT2D eigenvalue weighted by Crippen LogP contribution is -2.38. The van der Waals surface area contributed by atoms with Gasteiger partial charge in [-0.05, 0) is 38.0 Å². The summed E-state index contributed by atoms with van der Waals surface area (Å²) in [5.41, 5.74) is 1.94. The number of aromatic nitrogens is 2. The van der Waals surface area contributed by atoms with Gasteiger partial charge >= 0.3 is 5.97 Å². The van der Waals surface area contributed by atoms with E-state index in [0.717, 1.165) is 24.2 Å². The molecule has 27 heavy (non-hydrogen) atoms. The molecular formula is C20H22N4O3. The van der Waals surface area contributed by atoms with Gasteiger partial charge in [-0.25, -0.2) is 9.48 Å². The van der Waals surface area contributed by atoms with Gasteiger partial charge in [-0.2, -0.15) is 10.4 Å². The van der Waals surface area contributed by atoms with Crippen LogP contribution >= 0.6 is 0 Å². The van der Waals surface area contributed by atoms with Crippen LogP contribution in [-0.2, 0) is 9.53 Å². The van der Waals surface area contributed by atoms with Gasteiger partial charge in [-0.1, -0.05) is 18.2 Å². The first-order valence-corrected chi connectivity index (χ1v) is 8.99. The van der Waals surface area contributed by atoms with Gasteiger partial charge < -0.3 is 9.64 Å². The zero-order chi connectivity index (χ0) is 19.4. The van der Waals surface area contributed by atoms with Crippen LogP contribution in [0.5, 0.6) is 0 Å². The Labute approximate surface area is 158 Å². The predicted octanol–water partition coefficient (Wildman–Crippen LogP) is 2.67. The van der Waals surface area contributed by atoms with Crippen LogP contribution < -0.4 is 0 Å².